The molecule has 0 aliphatic heterocycles. The van der Waals surface area contributed by atoms with Gasteiger partial charge in [-0.05, 0) is 24.5 Å². The van der Waals surface area contributed by atoms with Crippen LogP contribution in [0.25, 0.3) is 11.0 Å². The van der Waals surface area contributed by atoms with E-state index >= 15 is 0 Å². The van der Waals surface area contributed by atoms with Gasteiger partial charge in [0.15, 0.2) is 0 Å². The van der Waals surface area contributed by atoms with Crippen LogP contribution in [-0.4, -0.2) is 0 Å². The van der Waals surface area contributed by atoms with Gasteiger partial charge in [-0.1, -0.05) is 44.4 Å². The van der Waals surface area contributed by atoms with E-state index in [2.05, 4.69) is 19.1 Å². The molecule has 0 aliphatic carbocycles. The van der Waals surface area contributed by atoms with Crippen molar-refractivity contribution in [3.05, 3.63) is 36.1 Å². The van der Waals surface area contributed by atoms with Crippen LogP contribution in [0, 0.1) is 0 Å². The molecule has 80 valence electrons. The smallest absolute Gasteiger partial charge is 0.134 e. The van der Waals surface area contributed by atoms with Crippen molar-refractivity contribution in [2.75, 3.05) is 0 Å². The zero-order valence-electron chi connectivity index (χ0n) is 9.33. The summed E-state index contributed by atoms with van der Waals surface area (Å²) >= 11 is 0. The average Bonchev–Trinajstić information content (AvgIpc) is 2.68. The minimum atomic E-state index is 1.02. The predicted molar refractivity (Wildman–Crippen MR) is 64.1 cm³/mol. The highest BCUT2D eigenvalue weighted by atomic mass is 16.3. The van der Waals surface area contributed by atoms with Crippen LogP contribution in [0.3, 0.4) is 0 Å². The number of benzene rings is 1. The van der Waals surface area contributed by atoms with Crippen LogP contribution in [0.1, 0.15) is 38.2 Å². The number of para-hydroxylation sites is 1. The summed E-state index contributed by atoms with van der Waals surface area (Å²) < 4.78 is 5.51. The third kappa shape index (κ3) is 2.41. The molecule has 0 spiro atoms. The number of unbranched alkanes of at least 4 members (excludes halogenated alkanes) is 3. The molecule has 1 heterocycles. The summed E-state index contributed by atoms with van der Waals surface area (Å²) in [6, 6.07) is 8.28. The molecule has 0 bridgehead atoms. The highest BCUT2D eigenvalue weighted by Gasteiger charge is 2.03. The molecule has 0 saturated heterocycles. The summed E-state index contributed by atoms with van der Waals surface area (Å²) in [5.74, 6) is 0. The molecule has 0 atom stereocenters. The van der Waals surface area contributed by atoms with Gasteiger partial charge < -0.3 is 4.42 Å². The zero-order valence-corrected chi connectivity index (χ0v) is 9.33. The van der Waals surface area contributed by atoms with Gasteiger partial charge in [0.1, 0.15) is 5.58 Å². The van der Waals surface area contributed by atoms with Crippen LogP contribution in [0.4, 0.5) is 0 Å². The fourth-order valence-electron chi connectivity index (χ4n) is 1.97. The Balaban J connectivity index is 2.02. The average molecular weight is 202 g/mol. The van der Waals surface area contributed by atoms with Crippen molar-refractivity contribution >= 4 is 11.0 Å². The summed E-state index contributed by atoms with van der Waals surface area (Å²) in [6.07, 6.45) is 8.31. The van der Waals surface area contributed by atoms with Crippen LogP contribution in [0.5, 0.6) is 0 Å². The van der Waals surface area contributed by atoms with E-state index in [1.165, 1.54) is 36.6 Å². The fourth-order valence-corrected chi connectivity index (χ4v) is 1.97. The van der Waals surface area contributed by atoms with Crippen molar-refractivity contribution in [2.45, 2.75) is 39.0 Å². The monoisotopic (exact) mass is 202 g/mol. The summed E-state index contributed by atoms with van der Waals surface area (Å²) in [5.41, 5.74) is 2.38. The molecule has 1 aromatic heterocycles. The Morgan fingerprint density at radius 1 is 1.07 bits per heavy atom. The standard InChI is InChI=1S/C14H18O/c1-2-3-4-5-8-12-11-15-14-10-7-6-9-13(12)14/h6-7,9-11H,2-5,8H2,1H3. The van der Waals surface area contributed by atoms with E-state index in [0.717, 1.165) is 12.0 Å². The first-order valence-electron chi connectivity index (χ1n) is 5.87. The molecule has 2 aromatic rings. The van der Waals surface area contributed by atoms with Gasteiger partial charge in [0.25, 0.3) is 0 Å². The molecule has 0 fully saturated rings. The van der Waals surface area contributed by atoms with Crippen LogP contribution >= 0.6 is 0 Å². The molecule has 1 heteroatoms. The first kappa shape index (κ1) is 10.3. The third-order valence-corrected chi connectivity index (χ3v) is 2.86. The van der Waals surface area contributed by atoms with Gasteiger partial charge in [0.05, 0.1) is 6.26 Å². The quantitative estimate of drug-likeness (QED) is 0.648. The van der Waals surface area contributed by atoms with E-state index < -0.39 is 0 Å². The zero-order chi connectivity index (χ0) is 10.5. The molecule has 0 N–H and O–H groups in total. The maximum atomic E-state index is 5.51. The Hall–Kier alpha value is -1.24. The van der Waals surface area contributed by atoms with E-state index in [1.807, 2.05) is 18.4 Å². The molecule has 1 nitrogen and oxygen atoms in total. The topological polar surface area (TPSA) is 13.1 Å². The lowest BCUT2D eigenvalue weighted by Gasteiger charge is -1.97. The second-order valence-electron chi connectivity index (χ2n) is 4.07. The van der Waals surface area contributed by atoms with E-state index in [9.17, 15) is 0 Å². The molecule has 0 saturated carbocycles. The molecular formula is C14H18O. The molecular weight excluding hydrogens is 184 g/mol. The second-order valence-corrected chi connectivity index (χ2v) is 4.07. The number of fused-ring (bicyclic) bond motifs is 1. The van der Waals surface area contributed by atoms with Crippen LogP contribution < -0.4 is 0 Å². The first-order valence-corrected chi connectivity index (χ1v) is 5.87. The largest absolute Gasteiger partial charge is 0.464 e. The molecule has 2 rings (SSSR count). The minimum absolute atomic E-state index is 1.02. The fraction of sp³-hybridized carbons (Fsp3) is 0.429. The molecule has 1 aromatic carbocycles. The van der Waals surface area contributed by atoms with Crippen molar-refractivity contribution < 1.29 is 4.42 Å². The number of aryl methyl sites for hydroxylation is 1. The van der Waals surface area contributed by atoms with Gasteiger partial charge in [0.2, 0.25) is 0 Å². The van der Waals surface area contributed by atoms with Gasteiger partial charge in [-0.25, -0.2) is 0 Å². The Labute approximate surface area is 91.1 Å². The number of hydrogen-bond acceptors (Lipinski definition) is 1. The van der Waals surface area contributed by atoms with Crippen molar-refractivity contribution in [3.63, 3.8) is 0 Å². The van der Waals surface area contributed by atoms with Gasteiger partial charge >= 0.3 is 0 Å². The normalized spacial score (nSPS) is 11.0. The highest BCUT2D eigenvalue weighted by molar-refractivity contribution is 5.80. The summed E-state index contributed by atoms with van der Waals surface area (Å²) in [7, 11) is 0. The van der Waals surface area contributed by atoms with Gasteiger partial charge in [0, 0.05) is 5.39 Å². The van der Waals surface area contributed by atoms with Crippen molar-refractivity contribution in [3.8, 4) is 0 Å². The highest BCUT2D eigenvalue weighted by Crippen LogP contribution is 2.22. The SMILES string of the molecule is CCCCCCc1coc2ccccc12. The van der Waals surface area contributed by atoms with Crippen LogP contribution in [0.2, 0.25) is 0 Å². The Kier molecular flexibility index (Phi) is 3.44. The molecule has 0 amide bonds. The second kappa shape index (κ2) is 5.01. The Morgan fingerprint density at radius 2 is 1.93 bits per heavy atom. The number of rotatable bonds is 5. The number of furan rings is 1. The number of hydrogen-bond donors (Lipinski definition) is 0. The Bertz CT molecular complexity index is 414. The van der Waals surface area contributed by atoms with E-state index in [1.54, 1.807) is 0 Å². The maximum absolute atomic E-state index is 5.51. The minimum Gasteiger partial charge on any atom is -0.464 e. The lowest BCUT2D eigenvalue weighted by Crippen LogP contribution is -1.83. The Morgan fingerprint density at radius 3 is 2.80 bits per heavy atom. The molecule has 0 unspecified atom stereocenters. The van der Waals surface area contributed by atoms with Crippen LogP contribution in [0.15, 0.2) is 34.9 Å². The van der Waals surface area contributed by atoms with Crippen LogP contribution in [-0.2, 0) is 6.42 Å². The van der Waals surface area contributed by atoms with Crippen molar-refractivity contribution in [2.24, 2.45) is 0 Å². The predicted octanol–water partition coefficient (Wildman–Crippen LogP) is 4.56. The molecule has 0 radical (unpaired) electrons. The van der Waals surface area contributed by atoms with E-state index in [0.29, 0.717) is 0 Å². The van der Waals surface area contributed by atoms with E-state index in [4.69, 9.17) is 4.42 Å². The third-order valence-electron chi connectivity index (χ3n) is 2.86. The van der Waals surface area contributed by atoms with Gasteiger partial charge in [-0.2, -0.15) is 0 Å². The van der Waals surface area contributed by atoms with E-state index in [-0.39, 0.29) is 0 Å². The van der Waals surface area contributed by atoms with Crippen molar-refractivity contribution in [1.29, 1.82) is 0 Å². The molecule has 15 heavy (non-hydrogen) atoms. The molecule has 0 aliphatic rings. The van der Waals surface area contributed by atoms with Crippen molar-refractivity contribution in [1.82, 2.24) is 0 Å². The summed E-state index contributed by atoms with van der Waals surface area (Å²) in [6.45, 7) is 2.24. The lowest BCUT2D eigenvalue weighted by molar-refractivity contribution is 0.604. The summed E-state index contributed by atoms with van der Waals surface area (Å²) in [5, 5.41) is 1.29. The first-order chi connectivity index (χ1) is 7.42. The maximum Gasteiger partial charge on any atom is 0.134 e. The van der Waals surface area contributed by atoms with Gasteiger partial charge in [-0.3, -0.25) is 0 Å². The van der Waals surface area contributed by atoms with Gasteiger partial charge in [-0.15, -0.1) is 0 Å². The lowest BCUT2D eigenvalue weighted by atomic mass is 10.1. The summed E-state index contributed by atoms with van der Waals surface area (Å²) in [4.78, 5) is 0.